The second-order valence-electron chi connectivity index (χ2n) is 3.24. The lowest BCUT2D eigenvalue weighted by Gasteiger charge is -2.04. The number of halogens is 1. The molecular formula is C9H8INO2S. The number of nitrogens with zero attached hydrogens (tertiary/aromatic N) is 1. The second kappa shape index (κ2) is 3.69. The monoisotopic (exact) mass is 321 g/mol. The van der Waals surface area contributed by atoms with Crippen LogP contribution in [0.15, 0.2) is 29.2 Å². The maximum absolute atomic E-state index is 10.4. The molecule has 74 valence electrons. The molecule has 0 unspecified atom stereocenters. The first kappa shape index (κ1) is 10.2. The molecule has 14 heavy (non-hydrogen) atoms. The van der Waals surface area contributed by atoms with E-state index in [0.717, 1.165) is 4.90 Å². The standard InChI is InChI=1S/C9H8INO2S/c10-9(5-6-9)14-8-3-1-7(2-4-8)11(12)13/h1-4H,5-6H2. The van der Waals surface area contributed by atoms with Crippen molar-refractivity contribution in [2.75, 3.05) is 0 Å². The van der Waals surface area contributed by atoms with E-state index in [0.29, 0.717) is 2.75 Å². The lowest BCUT2D eigenvalue weighted by Crippen LogP contribution is -1.89. The molecule has 0 atom stereocenters. The topological polar surface area (TPSA) is 43.1 Å². The molecule has 0 N–H and O–H groups in total. The van der Waals surface area contributed by atoms with Gasteiger partial charge in [0.25, 0.3) is 5.69 Å². The van der Waals surface area contributed by atoms with Gasteiger partial charge in [-0.05, 0) is 25.0 Å². The zero-order valence-corrected chi connectivity index (χ0v) is 10.2. The largest absolute Gasteiger partial charge is 0.269 e. The van der Waals surface area contributed by atoms with Gasteiger partial charge in [0, 0.05) is 17.0 Å². The molecule has 0 spiro atoms. The van der Waals surface area contributed by atoms with Gasteiger partial charge in [-0.3, -0.25) is 10.1 Å². The summed E-state index contributed by atoms with van der Waals surface area (Å²) in [6, 6.07) is 6.76. The molecule has 3 nitrogen and oxygen atoms in total. The van der Waals surface area contributed by atoms with Crippen LogP contribution in [-0.2, 0) is 0 Å². The number of non-ortho nitro benzene ring substituents is 1. The van der Waals surface area contributed by atoms with Crippen molar-refractivity contribution in [3.8, 4) is 0 Å². The Morgan fingerprint density at radius 3 is 2.36 bits per heavy atom. The fourth-order valence-electron chi connectivity index (χ4n) is 1.05. The first-order valence-corrected chi connectivity index (χ1v) is 6.11. The average molecular weight is 321 g/mol. The molecule has 2 rings (SSSR count). The maximum Gasteiger partial charge on any atom is 0.269 e. The Morgan fingerprint density at radius 1 is 1.36 bits per heavy atom. The quantitative estimate of drug-likeness (QED) is 0.370. The molecule has 1 aliphatic carbocycles. The van der Waals surface area contributed by atoms with E-state index in [9.17, 15) is 10.1 Å². The third kappa shape index (κ3) is 2.38. The molecule has 0 bridgehead atoms. The third-order valence-electron chi connectivity index (χ3n) is 1.99. The molecule has 0 heterocycles. The van der Waals surface area contributed by atoms with E-state index < -0.39 is 0 Å². The minimum atomic E-state index is -0.370. The van der Waals surface area contributed by atoms with Crippen LogP contribution in [0, 0.1) is 10.1 Å². The lowest BCUT2D eigenvalue weighted by atomic mass is 10.3. The SMILES string of the molecule is O=[N+]([O-])c1ccc(SC2(I)CC2)cc1. The number of hydrogen-bond acceptors (Lipinski definition) is 3. The highest BCUT2D eigenvalue weighted by Crippen LogP contribution is 2.56. The Labute approximate surface area is 99.6 Å². The van der Waals surface area contributed by atoms with E-state index >= 15 is 0 Å². The van der Waals surface area contributed by atoms with Crippen molar-refractivity contribution >= 4 is 40.0 Å². The zero-order valence-electron chi connectivity index (χ0n) is 7.27. The summed E-state index contributed by atoms with van der Waals surface area (Å²) in [5.74, 6) is 0. The highest BCUT2D eigenvalue weighted by atomic mass is 127. The predicted octanol–water partition coefficient (Wildman–Crippen LogP) is 3.61. The van der Waals surface area contributed by atoms with Gasteiger partial charge in [0.05, 0.1) is 7.68 Å². The summed E-state index contributed by atoms with van der Waals surface area (Å²) in [5.41, 5.74) is 0.160. The predicted molar refractivity (Wildman–Crippen MR) is 64.9 cm³/mol. The van der Waals surface area contributed by atoms with Crippen LogP contribution in [0.4, 0.5) is 5.69 Å². The molecule has 0 amide bonds. The van der Waals surface area contributed by atoms with Crippen LogP contribution in [-0.4, -0.2) is 7.68 Å². The Hall–Kier alpha value is -0.300. The summed E-state index contributed by atoms with van der Waals surface area (Å²) >= 11 is 4.24. The molecule has 1 aliphatic rings. The Kier molecular flexibility index (Phi) is 2.70. The lowest BCUT2D eigenvalue weighted by molar-refractivity contribution is -0.384. The summed E-state index contributed by atoms with van der Waals surface area (Å²) < 4.78 is 0.355. The van der Waals surface area contributed by atoms with E-state index in [-0.39, 0.29) is 10.6 Å². The van der Waals surface area contributed by atoms with Crippen molar-refractivity contribution in [1.29, 1.82) is 0 Å². The van der Waals surface area contributed by atoms with Crippen molar-refractivity contribution in [3.05, 3.63) is 34.4 Å². The van der Waals surface area contributed by atoms with Crippen molar-refractivity contribution in [2.45, 2.75) is 20.5 Å². The maximum atomic E-state index is 10.4. The van der Waals surface area contributed by atoms with Crippen LogP contribution < -0.4 is 0 Å². The fraction of sp³-hybridized carbons (Fsp3) is 0.333. The highest BCUT2D eigenvalue weighted by molar-refractivity contribution is 14.1. The first-order chi connectivity index (χ1) is 6.59. The average Bonchev–Trinajstić information content (AvgIpc) is 2.84. The van der Waals surface area contributed by atoms with Crippen LogP contribution in [0.25, 0.3) is 0 Å². The molecule has 1 aromatic carbocycles. The number of hydrogen-bond donors (Lipinski definition) is 0. The van der Waals surface area contributed by atoms with Gasteiger partial charge in [0.1, 0.15) is 0 Å². The number of benzene rings is 1. The van der Waals surface area contributed by atoms with Crippen molar-refractivity contribution in [3.63, 3.8) is 0 Å². The van der Waals surface area contributed by atoms with Crippen LogP contribution in [0.1, 0.15) is 12.8 Å². The van der Waals surface area contributed by atoms with E-state index in [1.54, 1.807) is 23.9 Å². The number of nitro groups is 1. The molecular weight excluding hydrogens is 313 g/mol. The van der Waals surface area contributed by atoms with Gasteiger partial charge in [-0.2, -0.15) is 0 Å². The van der Waals surface area contributed by atoms with Crippen LogP contribution in [0.3, 0.4) is 0 Å². The molecule has 1 fully saturated rings. The Bertz CT molecular complexity index is 362. The Balaban J connectivity index is 2.10. The van der Waals surface area contributed by atoms with Gasteiger partial charge in [0.2, 0.25) is 0 Å². The molecule has 1 saturated carbocycles. The molecule has 0 saturated heterocycles. The summed E-state index contributed by atoms with van der Waals surface area (Å²) in [6.07, 6.45) is 2.46. The van der Waals surface area contributed by atoms with Crippen molar-refractivity contribution in [2.24, 2.45) is 0 Å². The van der Waals surface area contributed by atoms with E-state index in [2.05, 4.69) is 22.6 Å². The van der Waals surface area contributed by atoms with Gasteiger partial charge < -0.3 is 0 Å². The summed E-state index contributed by atoms with van der Waals surface area (Å²) in [6.45, 7) is 0. The first-order valence-electron chi connectivity index (χ1n) is 4.21. The van der Waals surface area contributed by atoms with Gasteiger partial charge in [0.15, 0.2) is 0 Å². The van der Waals surface area contributed by atoms with Crippen LogP contribution >= 0.6 is 34.4 Å². The third-order valence-corrected chi connectivity index (χ3v) is 5.01. The summed E-state index contributed by atoms with van der Waals surface area (Å²) in [5, 5.41) is 10.4. The minimum absolute atomic E-state index is 0.160. The summed E-state index contributed by atoms with van der Waals surface area (Å²) in [4.78, 5) is 11.2. The van der Waals surface area contributed by atoms with Gasteiger partial charge in [-0.1, -0.05) is 22.6 Å². The fourth-order valence-corrected chi connectivity index (χ4v) is 3.08. The summed E-state index contributed by atoms with van der Waals surface area (Å²) in [7, 11) is 0. The van der Waals surface area contributed by atoms with E-state index in [4.69, 9.17) is 0 Å². The van der Waals surface area contributed by atoms with E-state index in [1.807, 2.05) is 12.1 Å². The molecule has 5 heteroatoms. The highest BCUT2D eigenvalue weighted by Gasteiger charge is 2.40. The normalized spacial score (nSPS) is 17.8. The van der Waals surface area contributed by atoms with Crippen LogP contribution in [0.5, 0.6) is 0 Å². The van der Waals surface area contributed by atoms with E-state index in [1.165, 1.54) is 12.8 Å². The van der Waals surface area contributed by atoms with Crippen molar-refractivity contribution < 1.29 is 4.92 Å². The smallest absolute Gasteiger partial charge is 0.258 e. The number of rotatable bonds is 3. The van der Waals surface area contributed by atoms with Gasteiger partial charge in [-0.25, -0.2) is 0 Å². The number of alkyl halides is 1. The number of thioether (sulfide) groups is 1. The molecule has 0 radical (unpaired) electrons. The van der Waals surface area contributed by atoms with Crippen LogP contribution in [0.2, 0.25) is 0 Å². The minimum Gasteiger partial charge on any atom is -0.258 e. The Morgan fingerprint density at radius 2 is 1.93 bits per heavy atom. The number of nitro benzene ring substituents is 1. The molecule has 0 aliphatic heterocycles. The van der Waals surface area contributed by atoms with Gasteiger partial charge in [-0.15, -0.1) is 11.8 Å². The zero-order chi connectivity index (χ0) is 10.2. The molecule has 1 aromatic rings. The van der Waals surface area contributed by atoms with Gasteiger partial charge >= 0.3 is 0 Å². The second-order valence-corrected chi connectivity index (χ2v) is 7.49. The molecule has 0 aromatic heterocycles. The van der Waals surface area contributed by atoms with Crippen molar-refractivity contribution in [1.82, 2.24) is 0 Å².